The fourth-order valence-corrected chi connectivity index (χ4v) is 4.41. The van der Waals surface area contributed by atoms with Crippen molar-refractivity contribution < 1.29 is 4.39 Å². The van der Waals surface area contributed by atoms with E-state index in [1.54, 1.807) is 6.07 Å². The van der Waals surface area contributed by atoms with Crippen molar-refractivity contribution in [3.8, 4) is 0 Å². The van der Waals surface area contributed by atoms with E-state index in [4.69, 9.17) is 23.2 Å². The van der Waals surface area contributed by atoms with Crippen molar-refractivity contribution in [2.75, 3.05) is 5.75 Å². The van der Waals surface area contributed by atoms with E-state index in [0.717, 1.165) is 17.9 Å². The molecule has 1 aliphatic heterocycles. The van der Waals surface area contributed by atoms with Crippen LogP contribution in [0.3, 0.4) is 0 Å². The van der Waals surface area contributed by atoms with Crippen molar-refractivity contribution in [3.05, 3.63) is 28.8 Å². The van der Waals surface area contributed by atoms with Crippen molar-refractivity contribution in [1.82, 2.24) is 9.55 Å². The summed E-state index contributed by atoms with van der Waals surface area (Å²) >= 11 is 14.2. The third-order valence-electron chi connectivity index (χ3n) is 3.84. The molecule has 2 heterocycles. The van der Waals surface area contributed by atoms with Crippen LogP contribution in [0, 0.1) is 5.82 Å². The lowest BCUT2D eigenvalue weighted by Gasteiger charge is -2.23. The van der Waals surface area contributed by atoms with Gasteiger partial charge in [-0.15, -0.1) is 11.6 Å². The van der Waals surface area contributed by atoms with Gasteiger partial charge in [-0.25, -0.2) is 9.37 Å². The van der Waals surface area contributed by atoms with E-state index in [1.165, 1.54) is 31.1 Å². The number of imidazole rings is 1. The summed E-state index contributed by atoms with van der Waals surface area (Å²) in [5.41, 5.74) is 1.50. The molecule has 114 valence electrons. The van der Waals surface area contributed by atoms with Crippen molar-refractivity contribution >= 4 is 46.0 Å². The van der Waals surface area contributed by atoms with Crippen molar-refractivity contribution in [1.29, 1.82) is 0 Å². The van der Waals surface area contributed by atoms with Gasteiger partial charge in [-0.3, -0.25) is 0 Å². The number of rotatable bonds is 3. The summed E-state index contributed by atoms with van der Waals surface area (Å²) in [4.78, 5) is 4.50. The summed E-state index contributed by atoms with van der Waals surface area (Å²) in [6.07, 6.45) is 3.77. The Hall–Kier alpha value is -0.450. The first-order chi connectivity index (χ1) is 10.1. The van der Waals surface area contributed by atoms with E-state index in [-0.39, 0.29) is 10.4 Å². The second kappa shape index (κ2) is 6.35. The zero-order valence-electron chi connectivity index (χ0n) is 11.8. The summed E-state index contributed by atoms with van der Waals surface area (Å²) < 4.78 is 15.7. The Balaban J connectivity index is 2.04. The van der Waals surface area contributed by atoms with Gasteiger partial charge in [0.25, 0.3) is 0 Å². The average molecular weight is 347 g/mol. The van der Waals surface area contributed by atoms with Crippen LogP contribution in [-0.2, 0) is 6.54 Å². The largest absolute Gasteiger partial charge is 0.326 e. The lowest BCUT2D eigenvalue weighted by Crippen LogP contribution is -2.18. The molecule has 0 N–H and O–H groups in total. The van der Waals surface area contributed by atoms with Gasteiger partial charge in [0.15, 0.2) is 0 Å². The minimum absolute atomic E-state index is 0.133. The second-order valence-corrected chi connectivity index (χ2v) is 7.91. The van der Waals surface area contributed by atoms with Crippen LogP contribution >= 0.6 is 35.0 Å². The van der Waals surface area contributed by atoms with Crippen LogP contribution in [0.4, 0.5) is 4.39 Å². The molecule has 2 atom stereocenters. The molecule has 0 radical (unpaired) electrons. The highest BCUT2D eigenvalue weighted by Crippen LogP contribution is 2.32. The maximum absolute atomic E-state index is 13.6. The van der Waals surface area contributed by atoms with Crippen LogP contribution in [0.2, 0.25) is 5.02 Å². The molecule has 2 nitrogen and oxygen atoms in total. The number of nitrogens with zero attached hydrogens (tertiary/aromatic N) is 2. The van der Waals surface area contributed by atoms with Crippen LogP contribution < -0.4 is 0 Å². The van der Waals surface area contributed by atoms with Gasteiger partial charge >= 0.3 is 0 Å². The maximum Gasteiger partial charge on any atom is 0.144 e. The minimum Gasteiger partial charge on any atom is -0.326 e. The van der Waals surface area contributed by atoms with Gasteiger partial charge in [0, 0.05) is 17.9 Å². The van der Waals surface area contributed by atoms with Crippen LogP contribution in [0.15, 0.2) is 12.1 Å². The molecule has 0 saturated carbocycles. The molecule has 1 aliphatic rings. The number of halogens is 3. The first-order valence-corrected chi connectivity index (χ1v) is 9.03. The predicted octanol–water partition coefficient (Wildman–Crippen LogP) is 5.41. The van der Waals surface area contributed by atoms with Crippen molar-refractivity contribution in [2.24, 2.45) is 0 Å². The monoisotopic (exact) mass is 346 g/mol. The van der Waals surface area contributed by atoms with Gasteiger partial charge in [-0.2, -0.15) is 11.8 Å². The fraction of sp³-hybridized carbons (Fsp3) is 0.533. The number of fused-ring (bicyclic) bond motifs is 1. The Morgan fingerprint density at radius 2 is 2.29 bits per heavy atom. The van der Waals surface area contributed by atoms with Crippen molar-refractivity contribution in [3.63, 3.8) is 0 Å². The molecule has 21 heavy (non-hydrogen) atoms. The molecule has 1 aromatic carbocycles. The zero-order chi connectivity index (χ0) is 15.0. The van der Waals surface area contributed by atoms with E-state index < -0.39 is 5.82 Å². The summed E-state index contributed by atoms with van der Waals surface area (Å²) in [7, 11) is 0. The Labute approximate surface area is 138 Å². The summed E-state index contributed by atoms with van der Waals surface area (Å²) in [5.74, 6) is 1.56. The molecule has 1 fully saturated rings. The average Bonchev–Trinajstić information content (AvgIpc) is 2.79. The first-order valence-electron chi connectivity index (χ1n) is 7.17. The second-order valence-electron chi connectivity index (χ2n) is 5.44. The van der Waals surface area contributed by atoms with Crippen LogP contribution in [-0.4, -0.2) is 20.6 Å². The Kier molecular flexibility index (Phi) is 4.67. The quantitative estimate of drug-likeness (QED) is 0.691. The van der Waals surface area contributed by atoms with Gasteiger partial charge in [-0.05, 0) is 31.6 Å². The molecule has 2 aromatic rings. The molecule has 3 rings (SSSR count). The first kappa shape index (κ1) is 15.4. The van der Waals surface area contributed by atoms with Crippen LogP contribution in [0.25, 0.3) is 11.0 Å². The molecule has 1 saturated heterocycles. The molecular formula is C15H17Cl2FN2S. The van der Waals surface area contributed by atoms with Gasteiger partial charge in [0.1, 0.15) is 11.6 Å². The molecule has 0 bridgehead atoms. The topological polar surface area (TPSA) is 17.8 Å². The van der Waals surface area contributed by atoms with E-state index in [9.17, 15) is 4.39 Å². The fourth-order valence-electron chi connectivity index (χ4n) is 2.79. The molecule has 1 aromatic heterocycles. The predicted molar refractivity (Wildman–Crippen MR) is 89.1 cm³/mol. The number of benzene rings is 1. The molecule has 0 aliphatic carbocycles. The van der Waals surface area contributed by atoms with Gasteiger partial charge in [0.05, 0.1) is 21.4 Å². The minimum atomic E-state index is -0.436. The Morgan fingerprint density at radius 1 is 1.48 bits per heavy atom. The number of hydrogen-bond acceptors (Lipinski definition) is 2. The van der Waals surface area contributed by atoms with E-state index in [1.807, 2.05) is 18.7 Å². The molecular weight excluding hydrogens is 330 g/mol. The van der Waals surface area contributed by atoms with E-state index in [0.29, 0.717) is 10.8 Å². The normalized spacial score (nSPS) is 20.9. The highest BCUT2D eigenvalue weighted by atomic mass is 35.5. The molecule has 0 amide bonds. The number of thioether (sulfide) groups is 1. The Morgan fingerprint density at radius 3 is 2.95 bits per heavy atom. The van der Waals surface area contributed by atoms with Crippen LogP contribution in [0.5, 0.6) is 0 Å². The molecule has 6 heteroatoms. The van der Waals surface area contributed by atoms with E-state index >= 15 is 0 Å². The van der Waals surface area contributed by atoms with Crippen LogP contribution in [0.1, 0.15) is 37.4 Å². The van der Waals surface area contributed by atoms with Crippen molar-refractivity contribution in [2.45, 2.75) is 43.4 Å². The smallest absolute Gasteiger partial charge is 0.144 e. The summed E-state index contributed by atoms with van der Waals surface area (Å²) in [5, 5.41) is 0.482. The number of aromatic nitrogens is 2. The lowest BCUT2D eigenvalue weighted by atomic mass is 10.2. The number of hydrogen-bond donors (Lipinski definition) is 0. The standard InChI is InChI=1S/C15H17Cl2FN2S/c1-9(16)15-19-13-7-12(18)11(17)6-14(13)20(15)8-10-4-2-3-5-21-10/h6-7,9-10H,2-5,8H2,1H3. The third-order valence-corrected chi connectivity index (χ3v) is 5.70. The SMILES string of the molecule is CC(Cl)c1nc2cc(F)c(Cl)cc2n1CC1CCCCS1. The third kappa shape index (κ3) is 3.17. The zero-order valence-corrected chi connectivity index (χ0v) is 14.1. The van der Waals surface area contributed by atoms with E-state index in [2.05, 4.69) is 9.55 Å². The Bertz CT molecular complexity index is 651. The number of alkyl halides is 1. The maximum atomic E-state index is 13.6. The van der Waals surface area contributed by atoms with Gasteiger partial charge < -0.3 is 4.57 Å². The van der Waals surface area contributed by atoms with Gasteiger partial charge in [-0.1, -0.05) is 18.0 Å². The van der Waals surface area contributed by atoms with Gasteiger partial charge in [0.2, 0.25) is 0 Å². The highest BCUT2D eigenvalue weighted by Gasteiger charge is 2.21. The summed E-state index contributed by atoms with van der Waals surface area (Å²) in [6.45, 7) is 2.75. The highest BCUT2D eigenvalue weighted by molar-refractivity contribution is 7.99. The summed E-state index contributed by atoms with van der Waals surface area (Å²) in [6, 6.07) is 3.06. The lowest BCUT2D eigenvalue weighted by molar-refractivity contribution is 0.575. The molecule has 0 spiro atoms. The molecule has 2 unspecified atom stereocenters.